The minimum absolute atomic E-state index is 1.07. The van der Waals surface area contributed by atoms with E-state index in [9.17, 15) is 0 Å². The number of nitrogens with zero attached hydrogens (tertiary/aromatic N) is 3. The summed E-state index contributed by atoms with van der Waals surface area (Å²) in [6.45, 7) is 0. The lowest BCUT2D eigenvalue weighted by molar-refractivity contribution is 1.18. The van der Waals surface area contributed by atoms with Crippen molar-refractivity contribution >= 4 is 60.7 Å². The van der Waals surface area contributed by atoms with Crippen LogP contribution in [-0.4, -0.2) is 9.13 Å². The van der Waals surface area contributed by atoms with E-state index in [0.29, 0.717) is 0 Å². The van der Waals surface area contributed by atoms with Crippen molar-refractivity contribution in [2.24, 2.45) is 0 Å². The topological polar surface area (TPSA) is 13.1 Å². The third kappa shape index (κ3) is 7.60. The first-order chi connectivity index (χ1) is 37.2. The molecule has 0 aliphatic rings. The van der Waals surface area contributed by atoms with Gasteiger partial charge in [0.05, 0.1) is 27.8 Å². The van der Waals surface area contributed by atoms with Crippen LogP contribution < -0.4 is 4.90 Å². The van der Waals surface area contributed by atoms with E-state index in [1.165, 1.54) is 77.0 Å². The SMILES string of the molecule is c1ccc(-c2ccccc2-c2ccccc2-c2ccccc2N(c2ccc(-c3ccc(-n4c5ccccc5c5ccccc54)cc3)cc2)c2ccc(-c3cccc4c3c3ccccc3n4-c3ccccc3)cc2)cc1. The van der Waals surface area contributed by atoms with E-state index >= 15 is 0 Å². The molecule has 0 spiro atoms. The summed E-state index contributed by atoms with van der Waals surface area (Å²) in [5.74, 6) is 0. The van der Waals surface area contributed by atoms with Crippen LogP contribution in [0, 0.1) is 0 Å². The van der Waals surface area contributed by atoms with Gasteiger partial charge in [0.15, 0.2) is 0 Å². The van der Waals surface area contributed by atoms with Crippen LogP contribution in [0.25, 0.3) is 111 Å². The molecule has 0 unspecified atom stereocenters. The second-order valence-electron chi connectivity index (χ2n) is 19.2. The first kappa shape index (κ1) is 43.8. The van der Waals surface area contributed by atoms with Crippen LogP contribution >= 0.6 is 0 Å². The highest BCUT2D eigenvalue weighted by Gasteiger charge is 2.22. The molecule has 2 aromatic heterocycles. The number of hydrogen-bond donors (Lipinski definition) is 0. The van der Waals surface area contributed by atoms with Crippen molar-refractivity contribution in [3.63, 3.8) is 0 Å². The van der Waals surface area contributed by atoms with Crippen molar-refractivity contribution in [2.75, 3.05) is 4.90 Å². The third-order valence-corrected chi connectivity index (χ3v) is 15.0. The first-order valence-corrected chi connectivity index (χ1v) is 25.8. The predicted octanol–water partition coefficient (Wildman–Crippen LogP) is 19.7. The Kier molecular flexibility index (Phi) is 10.8. The van der Waals surface area contributed by atoms with Crippen LogP contribution in [0.1, 0.15) is 0 Å². The van der Waals surface area contributed by atoms with E-state index < -0.39 is 0 Å². The van der Waals surface area contributed by atoms with E-state index in [2.05, 4.69) is 311 Å². The molecule has 14 rings (SSSR count). The quantitative estimate of drug-likeness (QED) is 0.133. The molecule has 0 amide bonds. The lowest BCUT2D eigenvalue weighted by Gasteiger charge is -2.29. The highest BCUT2D eigenvalue weighted by Crippen LogP contribution is 2.47. The Hall–Kier alpha value is -9.96. The van der Waals surface area contributed by atoms with Crippen molar-refractivity contribution < 1.29 is 0 Å². The fraction of sp³-hybridized carbons (Fsp3) is 0. The Morgan fingerprint density at radius 1 is 0.213 bits per heavy atom. The fourth-order valence-corrected chi connectivity index (χ4v) is 11.6. The van der Waals surface area contributed by atoms with Gasteiger partial charge in [0, 0.05) is 49.9 Å². The average molecular weight is 956 g/mol. The summed E-state index contributed by atoms with van der Waals surface area (Å²) < 4.78 is 4.76. The lowest BCUT2D eigenvalue weighted by Crippen LogP contribution is -2.11. The summed E-state index contributed by atoms with van der Waals surface area (Å²) in [7, 11) is 0. The van der Waals surface area contributed by atoms with Crippen molar-refractivity contribution in [2.45, 2.75) is 0 Å². The smallest absolute Gasteiger partial charge is 0.0547 e. The van der Waals surface area contributed by atoms with Crippen molar-refractivity contribution in [1.82, 2.24) is 9.13 Å². The molecule has 3 heteroatoms. The van der Waals surface area contributed by atoms with E-state index in [1.807, 2.05) is 0 Å². The average Bonchev–Trinajstić information content (AvgIpc) is 4.03. The molecule has 0 aliphatic carbocycles. The number of benzene rings is 12. The molecule has 0 fully saturated rings. The van der Waals surface area contributed by atoms with Crippen LogP contribution in [0.2, 0.25) is 0 Å². The van der Waals surface area contributed by atoms with Crippen LogP contribution in [0.15, 0.2) is 297 Å². The summed E-state index contributed by atoms with van der Waals surface area (Å²) in [6, 6.07) is 108. The molecule has 12 aromatic carbocycles. The fourth-order valence-electron chi connectivity index (χ4n) is 11.6. The van der Waals surface area contributed by atoms with E-state index in [4.69, 9.17) is 0 Å². The normalized spacial score (nSPS) is 11.5. The maximum Gasteiger partial charge on any atom is 0.0547 e. The predicted molar refractivity (Wildman–Crippen MR) is 317 cm³/mol. The van der Waals surface area contributed by atoms with Crippen molar-refractivity contribution in [3.05, 3.63) is 297 Å². The number of fused-ring (bicyclic) bond motifs is 6. The molecular formula is C72H49N3. The molecule has 3 nitrogen and oxygen atoms in total. The number of para-hydroxylation sites is 5. The molecule has 0 radical (unpaired) electrons. The second-order valence-corrected chi connectivity index (χ2v) is 19.2. The van der Waals surface area contributed by atoms with Crippen LogP contribution in [0.4, 0.5) is 17.1 Å². The van der Waals surface area contributed by atoms with Gasteiger partial charge in [-0.3, -0.25) is 0 Å². The van der Waals surface area contributed by atoms with Gasteiger partial charge in [0.1, 0.15) is 0 Å². The van der Waals surface area contributed by atoms with E-state index in [0.717, 1.165) is 50.7 Å². The Morgan fingerprint density at radius 3 is 1.20 bits per heavy atom. The van der Waals surface area contributed by atoms with Crippen molar-refractivity contribution in [3.8, 4) is 67.0 Å². The van der Waals surface area contributed by atoms with Gasteiger partial charge in [-0.1, -0.05) is 218 Å². The third-order valence-electron chi connectivity index (χ3n) is 15.0. The van der Waals surface area contributed by atoms with Crippen molar-refractivity contribution in [1.29, 1.82) is 0 Å². The molecule has 0 bridgehead atoms. The maximum absolute atomic E-state index is 2.43. The minimum Gasteiger partial charge on any atom is -0.310 e. The molecule has 352 valence electrons. The molecule has 2 heterocycles. The Morgan fingerprint density at radius 2 is 0.587 bits per heavy atom. The van der Waals surface area contributed by atoms with E-state index in [-0.39, 0.29) is 0 Å². The number of aromatic nitrogens is 2. The molecule has 0 saturated heterocycles. The summed E-state index contributed by atoms with van der Waals surface area (Å²) >= 11 is 0. The molecular weight excluding hydrogens is 907 g/mol. The molecule has 0 saturated carbocycles. The standard InChI is InChI=1S/C72H49N3/c1-3-20-52(21-4-1)58-24-7-8-25-60(58)61-26-9-10-27-62(61)63-28-11-15-33-67(63)73(55-44-38-50(39-45-55)51-40-46-57(47-41-51)74-68-34-16-12-29-64(68)65-30-13-17-35-69(65)74)56-48-42-53(43-49-56)59-32-19-37-71-72(59)66-31-14-18-36-70(66)75(71)54-22-5-2-6-23-54/h1-49H. The van der Waals surface area contributed by atoms with Gasteiger partial charge in [-0.05, 0) is 129 Å². The Balaban J connectivity index is 0.891. The van der Waals surface area contributed by atoms with Crippen LogP contribution in [-0.2, 0) is 0 Å². The second kappa shape index (κ2) is 18.6. The number of anilines is 3. The number of rotatable bonds is 10. The maximum atomic E-state index is 2.43. The van der Waals surface area contributed by atoms with Gasteiger partial charge in [0.25, 0.3) is 0 Å². The molecule has 0 N–H and O–H groups in total. The zero-order valence-electron chi connectivity index (χ0n) is 41.1. The van der Waals surface area contributed by atoms with Gasteiger partial charge in [-0.2, -0.15) is 0 Å². The zero-order chi connectivity index (χ0) is 49.7. The first-order valence-electron chi connectivity index (χ1n) is 25.8. The highest BCUT2D eigenvalue weighted by molar-refractivity contribution is 6.16. The van der Waals surface area contributed by atoms with Crippen LogP contribution in [0.5, 0.6) is 0 Å². The Bertz CT molecular complexity index is 4320. The van der Waals surface area contributed by atoms with Gasteiger partial charge >= 0.3 is 0 Å². The summed E-state index contributed by atoms with van der Waals surface area (Å²) in [4.78, 5) is 2.43. The van der Waals surface area contributed by atoms with Gasteiger partial charge in [-0.25, -0.2) is 0 Å². The van der Waals surface area contributed by atoms with Gasteiger partial charge < -0.3 is 14.0 Å². The summed E-state index contributed by atoms with van der Waals surface area (Å²) in [5, 5.41) is 5.01. The number of hydrogen-bond acceptors (Lipinski definition) is 1. The summed E-state index contributed by atoms with van der Waals surface area (Å²) in [6.07, 6.45) is 0. The highest BCUT2D eigenvalue weighted by atomic mass is 15.1. The molecule has 0 aliphatic heterocycles. The largest absolute Gasteiger partial charge is 0.310 e. The van der Waals surface area contributed by atoms with Gasteiger partial charge in [0.2, 0.25) is 0 Å². The van der Waals surface area contributed by atoms with Crippen LogP contribution in [0.3, 0.4) is 0 Å². The molecule has 14 aromatic rings. The zero-order valence-corrected chi connectivity index (χ0v) is 41.1. The Labute approximate surface area is 436 Å². The monoisotopic (exact) mass is 955 g/mol. The molecule has 0 atom stereocenters. The summed E-state index contributed by atoms with van der Waals surface area (Å²) in [5.41, 5.74) is 22.1. The lowest BCUT2D eigenvalue weighted by atomic mass is 9.88. The molecule has 75 heavy (non-hydrogen) atoms. The van der Waals surface area contributed by atoms with E-state index in [1.54, 1.807) is 0 Å². The minimum atomic E-state index is 1.07. The van der Waals surface area contributed by atoms with Gasteiger partial charge in [-0.15, -0.1) is 0 Å².